The standard InChI is InChI=1S/C13H18N4/c1-9(2)15-13-16-11(4)8-17(13)12-7-14-6-5-10(12)3/h5-9H,1-4H3,(H,15,16). The maximum absolute atomic E-state index is 4.49. The zero-order valence-corrected chi connectivity index (χ0v) is 10.7. The molecule has 0 aliphatic heterocycles. The maximum atomic E-state index is 4.49. The van der Waals surface area contributed by atoms with Crippen LogP contribution in [-0.2, 0) is 0 Å². The molecule has 4 heteroatoms. The molecule has 2 aromatic heterocycles. The van der Waals surface area contributed by atoms with Crippen LogP contribution in [0.3, 0.4) is 0 Å². The van der Waals surface area contributed by atoms with Crippen LogP contribution in [-0.4, -0.2) is 20.6 Å². The van der Waals surface area contributed by atoms with Gasteiger partial charge in [-0.2, -0.15) is 0 Å². The Bertz CT molecular complexity index is 514. The molecule has 0 fully saturated rings. The van der Waals surface area contributed by atoms with Gasteiger partial charge in [0.2, 0.25) is 5.95 Å². The summed E-state index contributed by atoms with van der Waals surface area (Å²) in [4.78, 5) is 8.67. The van der Waals surface area contributed by atoms with E-state index in [1.807, 2.05) is 25.4 Å². The fourth-order valence-corrected chi connectivity index (χ4v) is 1.75. The SMILES string of the molecule is Cc1cn(-c2cnccc2C)c(NC(C)C)n1. The summed E-state index contributed by atoms with van der Waals surface area (Å²) < 4.78 is 2.05. The van der Waals surface area contributed by atoms with Crippen LogP contribution in [0.15, 0.2) is 24.7 Å². The number of nitrogens with zero attached hydrogens (tertiary/aromatic N) is 3. The van der Waals surface area contributed by atoms with Crippen molar-refractivity contribution in [3.63, 3.8) is 0 Å². The van der Waals surface area contributed by atoms with Gasteiger partial charge in [0.1, 0.15) is 0 Å². The molecule has 0 unspecified atom stereocenters. The second-order valence-corrected chi connectivity index (χ2v) is 4.54. The van der Waals surface area contributed by atoms with E-state index in [9.17, 15) is 0 Å². The first-order valence-corrected chi connectivity index (χ1v) is 5.81. The number of hydrogen-bond acceptors (Lipinski definition) is 3. The van der Waals surface area contributed by atoms with E-state index >= 15 is 0 Å². The van der Waals surface area contributed by atoms with Crippen LogP contribution in [0.25, 0.3) is 5.69 Å². The van der Waals surface area contributed by atoms with E-state index in [1.54, 1.807) is 6.20 Å². The van der Waals surface area contributed by atoms with Gasteiger partial charge in [0.25, 0.3) is 0 Å². The van der Waals surface area contributed by atoms with Gasteiger partial charge in [-0.25, -0.2) is 4.98 Å². The molecule has 0 saturated carbocycles. The molecule has 2 rings (SSSR count). The molecule has 0 aliphatic carbocycles. The van der Waals surface area contributed by atoms with Crippen molar-refractivity contribution in [1.82, 2.24) is 14.5 Å². The molecule has 0 atom stereocenters. The molecular weight excluding hydrogens is 212 g/mol. The Kier molecular flexibility index (Phi) is 3.13. The number of rotatable bonds is 3. The van der Waals surface area contributed by atoms with Gasteiger partial charge >= 0.3 is 0 Å². The molecule has 0 radical (unpaired) electrons. The van der Waals surface area contributed by atoms with Crippen molar-refractivity contribution in [3.8, 4) is 5.69 Å². The van der Waals surface area contributed by atoms with E-state index in [4.69, 9.17) is 0 Å². The average molecular weight is 230 g/mol. The zero-order chi connectivity index (χ0) is 12.4. The summed E-state index contributed by atoms with van der Waals surface area (Å²) in [6.07, 6.45) is 5.69. The van der Waals surface area contributed by atoms with Crippen LogP contribution in [0.1, 0.15) is 25.1 Å². The number of hydrogen-bond donors (Lipinski definition) is 1. The highest BCUT2D eigenvalue weighted by Crippen LogP contribution is 2.19. The van der Waals surface area contributed by atoms with Crippen LogP contribution < -0.4 is 5.32 Å². The molecule has 0 amide bonds. The fourth-order valence-electron chi connectivity index (χ4n) is 1.75. The van der Waals surface area contributed by atoms with Crippen LogP contribution in [0, 0.1) is 13.8 Å². The molecule has 0 aromatic carbocycles. The van der Waals surface area contributed by atoms with Crippen molar-refractivity contribution in [2.24, 2.45) is 0 Å². The number of aryl methyl sites for hydroxylation is 2. The molecule has 90 valence electrons. The third-order valence-electron chi connectivity index (χ3n) is 2.52. The molecule has 4 nitrogen and oxygen atoms in total. The minimum atomic E-state index is 0.354. The van der Waals surface area contributed by atoms with Crippen molar-refractivity contribution in [2.75, 3.05) is 5.32 Å². The minimum absolute atomic E-state index is 0.354. The van der Waals surface area contributed by atoms with E-state index in [2.05, 4.69) is 40.6 Å². The predicted octanol–water partition coefficient (Wildman–Crippen LogP) is 2.70. The van der Waals surface area contributed by atoms with E-state index in [0.29, 0.717) is 6.04 Å². The molecule has 17 heavy (non-hydrogen) atoms. The summed E-state index contributed by atoms with van der Waals surface area (Å²) >= 11 is 0. The Hall–Kier alpha value is -1.84. The molecular formula is C13H18N4. The third-order valence-corrected chi connectivity index (χ3v) is 2.52. The molecule has 0 saturated heterocycles. The van der Waals surface area contributed by atoms with Crippen molar-refractivity contribution in [2.45, 2.75) is 33.7 Å². The fraction of sp³-hybridized carbons (Fsp3) is 0.385. The largest absolute Gasteiger partial charge is 0.353 e. The molecule has 0 bridgehead atoms. The summed E-state index contributed by atoms with van der Waals surface area (Å²) in [7, 11) is 0. The highest BCUT2D eigenvalue weighted by Gasteiger charge is 2.10. The first kappa shape index (κ1) is 11.6. The monoisotopic (exact) mass is 230 g/mol. The molecule has 1 N–H and O–H groups in total. The zero-order valence-electron chi connectivity index (χ0n) is 10.7. The van der Waals surface area contributed by atoms with Crippen LogP contribution in [0.2, 0.25) is 0 Å². The summed E-state index contributed by atoms with van der Waals surface area (Å²) in [5.41, 5.74) is 3.25. The van der Waals surface area contributed by atoms with Crippen LogP contribution in [0.4, 0.5) is 5.95 Å². The van der Waals surface area contributed by atoms with Gasteiger partial charge in [0.05, 0.1) is 17.6 Å². The quantitative estimate of drug-likeness (QED) is 0.881. The van der Waals surface area contributed by atoms with Gasteiger partial charge in [0.15, 0.2) is 0 Å². The summed E-state index contributed by atoms with van der Waals surface area (Å²) in [5, 5.41) is 3.34. The van der Waals surface area contributed by atoms with Gasteiger partial charge in [-0.15, -0.1) is 0 Å². The summed E-state index contributed by atoms with van der Waals surface area (Å²) in [5.74, 6) is 0.869. The van der Waals surface area contributed by atoms with Gasteiger partial charge in [-0.1, -0.05) is 0 Å². The van der Waals surface area contributed by atoms with E-state index < -0.39 is 0 Å². The summed E-state index contributed by atoms with van der Waals surface area (Å²) in [6.45, 7) is 8.27. The number of aromatic nitrogens is 3. The van der Waals surface area contributed by atoms with Gasteiger partial charge < -0.3 is 5.32 Å². The Morgan fingerprint density at radius 2 is 2.06 bits per heavy atom. The Labute approximate surface area is 102 Å². The first-order chi connectivity index (χ1) is 8.08. The van der Waals surface area contributed by atoms with Crippen molar-refractivity contribution < 1.29 is 0 Å². The van der Waals surface area contributed by atoms with Gasteiger partial charge in [0, 0.05) is 18.4 Å². The second kappa shape index (κ2) is 4.57. The lowest BCUT2D eigenvalue weighted by Gasteiger charge is -2.13. The molecule has 2 heterocycles. The van der Waals surface area contributed by atoms with Gasteiger partial charge in [-0.05, 0) is 39.3 Å². The molecule has 0 aliphatic rings. The highest BCUT2D eigenvalue weighted by molar-refractivity contribution is 5.46. The van der Waals surface area contributed by atoms with E-state index in [-0.39, 0.29) is 0 Å². The lowest BCUT2D eigenvalue weighted by Crippen LogP contribution is -2.14. The number of imidazole rings is 1. The van der Waals surface area contributed by atoms with Crippen LogP contribution >= 0.6 is 0 Å². The van der Waals surface area contributed by atoms with E-state index in [1.165, 1.54) is 5.56 Å². The lowest BCUT2D eigenvalue weighted by molar-refractivity contribution is 0.861. The predicted molar refractivity (Wildman–Crippen MR) is 69.6 cm³/mol. The smallest absolute Gasteiger partial charge is 0.207 e. The first-order valence-electron chi connectivity index (χ1n) is 5.81. The molecule has 0 spiro atoms. The molecule has 2 aromatic rings. The topological polar surface area (TPSA) is 42.7 Å². The van der Waals surface area contributed by atoms with Crippen molar-refractivity contribution in [3.05, 3.63) is 35.9 Å². The van der Waals surface area contributed by atoms with E-state index in [0.717, 1.165) is 17.3 Å². The van der Waals surface area contributed by atoms with Crippen molar-refractivity contribution in [1.29, 1.82) is 0 Å². The summed E-state index contributed by atoms with van der Waals surface area (Å²) in [6, 6.07) is 2.36. The van der Waals surface area contributed by atoms with Crippen molar-refractivity contribution >= 4 is 5.95 Å². The number of nitrogens with one attached hydrogen (secondary N) is 1. The lowest BCUT2D eigenvalue weighted by atomic mass is 10.2. The highest BCUT2D eigenvalue weighted by atomic mass is 15.2. The number of pyridine rings is 1. The van der Waals surface area contributed by atoms with Gasteiger partial charge in [-0.3, -0.25) is 9.55 Å². The van der Waals surface area contributed by atoms with Crippen LogP contribution in [0.5, 0.6) is 0 Å². The Morgan fingerprint density at radius 3 is 2.71 bits per heavy atom. The minimum Gasteiger partial charge on any atom is -0.353 e. The normalized spacial score (nSPS) is 10.9. The second-order valence-electron chi connectivity index (χ2n) is 4.54. The maximum Gasteiger partial charge on any atom is 0.207 e. The number of anilines is 1. The third kappa shape index (κ3) is 2.46. The average Bonchev–Trinajstić information content (AvgIpc) is 2.59. The Morgan fingerprint density at radius 1 is 1.29 bits per heavy atom. The Balaban J connectivity index is 2.48.